The maximum absolute atomic E-state index is 13.8. The van der Waals surface area contributed by atoms with Crippen molar-refractivity contribution in [3.63, 3.8) is 0 Å². The third-order valence-electron chi connectivity index (χ3n) is 5.65. The highest BCUT2D eigenvalue weighted by Crippen LogP contribution is 2.39. The van der Waals surface area contributed by atoms with Gasteiger partial charge in [-0.25, -0.2) is 0 Å². The van der Waals surface area contributed by atoms with E-state index in [1.54, 1.807) is 11.0 Å². The van der Waals surface area contributed by atoms with Gasteiger partial charge in [-0.3, -0.25) is 5.41 Å². The van der Waals surface area contributed by atoms with E-state index in [0.717, 1.165) is 23.6 Å². The summed E-state index contributed by atoms with van der Waals surface area (Å²) in [6, 6.07) is 11.0. The number of benzene rings is 2. The summed E-state index contributed by atoms with van der Waals surface area (Å²) in [6.45, 7) is 2.51. The van der Waals surface area contributed by atoms with Crippen LogP contribution in [0.25, 0.3) is 17.5 Å². The van der Waals surface area contributed by atoms with Gasteiger partial charge in [0.2, 0.25) is 11.7 Å². The SMILES string of the molecule is Cc1ccccc1/C=C/COc1ccc(-c2noc([C@@H]3CCCN3C(=N)N)n2)cc1C(F)(F)F. The first-order valence-electron chi connectivity index (χ1n) is 10.7. The summed E-state index contributed by atoms with van der Waals surface area (Å²) in [7, 11) is 0. The Kier molecular flexibility index (Phi) is 6.58. The molecule has 1 atom stereocenters. The lowest BCUT2D eigenvalue weighted by molar-refractivity contribution is -0.138. The number of aryl methyl sites for hydroxylation is 1. The second kappa shape index (κ2) is 9.58. The Morgan fingerprint density at radius 2 is 2.09 bits per heavy atom. The minimum atomic E-state index is -4.63. The number of aromatic nitrogens is 2. The van der Waals surface area contributed by atoms with Crippen LogP contribution >= 0.6 is 0 Å². The molecule has 0 aliphatic carbocycles. The molecule has 3 aromatic rings. The summed E-state index contributed by atoms with van der Waals surface area (Å²) < 4.78 is 52.0. The lowest BCUT2D eigenvalue weighted by Crippen LogP contribution is -2.35. The van der Waals surface area contributed by atoms with Crippen molar-refractivity contribution in [1.82, 2.24) is 15.0 Å². The molecule has 0 unspecified atom stereocenters. The van der Waals surface area contributed by atoms with E-state index in [1.807, 2.05) is 37.3 Å². The number of hydrogen-bond acceptors (Lipinski definition) is 5. The van der Waals surface area contributed by atoms with Crippen LogP contribution < -0.4 is 10.5 Å². The van der Waals surface area contributed by atoms with Crippen LogP contribution in [-0.2, 0) is 6.18 Å². The van der Waals surface area contributed by atoms with Gasteiger partial charge < -0.3 is 19.9 Å². The molecule has 4 rings (SSSR count). The smallest absolute Gasteiger partial charge is 0.419 e. The number of alkyl halides is 3. The monoisotopic (exact) mass is 471 g/mol. The molecule has 1 aliphatic heterocycles. The Bertz CT molecular complexity index is 1210. The maximum atomic E-state index is 13.8. The number of nitrogens with zero attached hydrogens (tertiary/aromatic N) is 3. The molecule has 34 heavy (non-hydrogen) atoms. The van der Waals surface area contributed by atoms with Crippen LogP contribution in [0.2, 0.25) is 0 Å². The lowest BCUT2D eigenvalue weighted by atomic mass is 10.1. The average Bonchev–Trinajstić information content (AvgIpc) is 3.47. The van der Waals surface area contributed by atoms with Crippen LogP contribution in [0.15, 0.2) is 53.1 Å². The van der Waals surface area contributed by atoms with Gasteiger partial charge in [-0.15, -0.1) is 0 Å². The molecule has 3 N–H and O–H groups in total. The fraction of sp³-hybridized carbons (Fsp3) is 0.292. The molecule has 10 heteroatoms. The second-order valence-electron chi connectivity index (χ2n) is 7.97. The van der Waals surface area contributed by atoms with Crippen molar-refractivity contribution < 1.29 is 22.4 Å². The highest BCUT2D eigenvalue weighted by atomic mass is 19.4. The molecule has 2 heterocycles. The summed E-state index contributed by atoms with van der Waals surface area (Å²) in [5.41, 5.74) is 6.85. The number of rotatable bonds is 6. The molecule has 1 aromatic heterocycles. The second-order valence-corrected chi connectivity index (χ2v) is 7.97. The van der Waals surface area contributed by atoms with Gasteiger partial charge in [-0.2, -0.15) is 18.2 Å². The molecule has 0 radical (unpaired) electrons. The van der Waals surface area contributed by atoms with Gasteiger partial charge in [0, 0.05) is 12.1 Å². The van der Waals surface area contributed by atoms with Gasteiger partial charge >= 0.3 is 6.18 Å². The standard InChI is InChI=1S/C24H24F3N5O2/c1-15-6-2-3-7-16(15)8-5-13-33-20-11-10-17(14-18(20)24(25,26)27)21-30-22(34-31-21)19-9-4-12-32(19)23(28)29/h2-3,5-8,10-11,14,19H,4,9,12-13H2,1H3,(H3,28,29)/b8-5+/t19-/m0/s1. The van der Waals surface area contributed by atoms with Crippen LogP contribution in [0, 0.1) is 12.3 Å². The van der Waals surface area contributed by atoms with E-state index in [1.165, 1.54) is 12.1 Å². The predicted molar refractivity (Wildman–Crippen MR) is 121 cm³/mol. The van der Waals surface area contributed by atoms with E-state index in [2.05, 4.69) is 10.1 Å². The average molecular weight is 471 g/mol. The fourth-order valence-electron chi connectivity index (χ4n) is 3.90. The van der Waals surface area contributed by atoms with E-state index in [-0.39, 0.29) is 41.6 Å². The maximum Gasteiger partial charge on any atom is 0.419 e. The first-order valence-corrected chi connectivity index (χ1v) is 10.7. The highest BCUT2D eigenvalue weighted by Gasteiger charge is 2.36. The molecule has 0 spiro atoms. The first-order chi connectivity index (χ1) is 16.2. The molecule has 2 aromatic carbocycles. The quantitative estimate of drug-likeness (QED) is 0.379. The molecule has 7 nitrogen and oxygen atoms in total. The van der Waals surface area contributed by atoms with E-state index in [9.17, 15) is 13.2 Å². The van der Waals surface area contributed by atoms with Gasteiger partial charge in [-0.1, -0.05) is 35.5 Å². The topological polar surface area (TPSA) is 101 Å². The Balaban J connectivity index is 1.53. The Hall–Kier alpha value is -3.82. The minimum absolute atomic E-state index is 0.0221. The van der Waals surface area contributed by atoms with Crippen LogP contribution in [0.5, 0.6) is 5.75 Å². The molecule has 0 amide bonds. The molecule has 1 saturated heterocycles. The largest absolute Gasteiger partial charge is 0.489 e. The number of ether oxygens (including phenoxy) is 1. The summed E-state index contributed by atoms with van der Waals surface area (Å²) in [5.74, 6) is -0.146. The fourth-order valence-corrected chi connectivity index (χ4v) is 3.90. The number of nitrogens with two attached hydrogens (primary N) is 1. The summed E-state index contributed by atoms with van der Waals surface area (Å²) in [4.78, 5) is 5.90. The Morgan fingerprint density at radius 1 is 1.29 bits per heavy atom. The van der Waals surface area contributed by atoms with Gasteiger partial charge in [0.05, 0.1) is 5.56 Å². The van der Waals surface area contributed by atoms with E-state index < -0.39 is 11.7 Å². The molecular weight excluding hydrogens is 447 g/mol. The zero-order valence-corrected chi connectivity index (χ0v) is 18.5. The van der Waals surface area contributed by atoms with Crippen molar-refractivity contribution >= 4 is 12.0 Å². The van der Waals surface area contributed by atoms with Crippen LogP contribution in [0.1, 0.15) is 41.5 Å². The van der Waals surface area contributed by atoms with Gasteiger partial charge in [0.25, 0.3) is 0 Å². The molecule has 1 fully saturated rings. The zero-order valence-electron chi connectivity index (χ0n) is 18.5. The van der Waals surface area contributed by atoms with E-state index in [0.29, 0.717) is 13.0 Å². The highest BCUT2D eigenvalue weighted by molar-refractivity contribution is 5.75. The van der Waals surface area contributed by atoms with E-state index in [4.69, 9.17) is 20.4 Å². The zero-order chi connectivity index (χ0) is 24.3. The number of nitrogens with one attached hydrogen (secondary N) is 1. The lowest BCUT2D eigenvalue weighted by Gasteiger charge is -2.21. The van der Waals surface area contributed by atoms with Crippen LogP contribution in [0.4, 0.5) is 13.2 Å². The Labute approximate surface area is 194 Å². The number of halogens is 3. The van der Waals surface area contributed by atoms with Crippen LogP contribution in [0.3, 0.4) is 0 Å². The van der Waals surface area contributed by atoms with Crippen molar-refractivity contribution in [1.29, 1.82) is 5.41 Å². The summed E-state index contributed by atoms with van der Waals surface area (Å²) in [5, 5.41) is 11.5. The predicted octanol–water partition coefficient (Wildman–Crippen LogP) is 5.19. The van der Waals surface area contributed by atoms with Crippen molar-refractivity contribution in [2.45, 2.75) is 32.0 Å². The third kappa shape index (κ3) is 5.05. The van der Waals surface area contributed by atoms with E-state index >= 15 is 0 Å². The molecule has 178 valence electrons. The number of hydrogen-bond donors (Lipinski definition) is 2. The van der Waals surface area contributed by atoms with Crippen molar-refractivity contribution in [2.75, 3.05) is 13.2 Å². The number of likely N-dealkylation sites (tertiary alicyclic amines) is 1. The van der Waals surface area contributed by atoms with Crippen molar-refractivity contribution in [3.05, 3.63) is 71.1 Å². The Morgan fingerprint density at radius 3 is 2.82 bits per heavy atom. The third-order valence-corrected chi connectivity index (χ3v) is 5.65. The summed E-state index contributed by atoms with van der Waals surface area (Å²) in [6.07, 6.45) is 0.312. The minimum Gasteiger partial charge on any atom is -0.489 e. The van der Waals surface area contributed by atoms with Gasteiger partial charge in [-0.05, 0) is 55.2 Å². The molecule has 1 aliphatic rings. The summed E-state index contributed by atoms with van der Waals surface area (Å²) >= 11 is 0. The van der Waals surface area contributed by atoms with Gasteiger partial charge in [0.1, 0.15) is 18.4 Å². The van der Waals surface area contributed by atoms with Crippen LogP contribution in [-0.4, -0.2) is 34.2 Å². The first kappa shape index (κ1) is 23.3. The molecule has 0 bridgehead atoms. The van der Waals surface area contributed by atoms with Crippen molar-refractivity contribution in [2.24, 2.45) is 5.73 Å². The van der Waals surface area contributed by atoms with Crippen molar-refractivity contribution in [3.8, 4) is 17.1 Å². The molecular formula is C24H24F3N5O2. The number of guanidine groups is 1. The van der Waals surface area contributed by atoms with Gasteiger partial charge in [0.15, 0.2) is 5.96 Å². The normalized spacial score (nSPS) is 16.4. The molecule has 0 saturated carbocycles.